The van der Waals surface area contributed by atoms with Crippen LogP contribution in [0.3, 0.4) is 0 Å². The number of aromatic nitrogens is 2. The van der Waals surface area contributed by atoms with E-state index in [0.29, 0.717) is 30.3 Å². The molecule has 25 heavy (non-hydrogen) atoms. The fourth-order valence-corrected chi connectivity index (χ4v) is 4.80. The van der Waals surface area contributed by atoms with Gasteiger partial charge in [-0.2, -0.15) is 0 Å². The monoisotopic (exact) mass is 374 g/mol. The van der Waals surface area contributed by atoms with E-state index < -0.39 is 0 Å². The fraction of sp³-hybridized carbons (Fsp3) is 0.176. The van der Waals surface area contributed by atoms with Gasteiger partial charge in [-0.15, -0.1) is 0 Å². The molecule has 0 spiro atoms. The van der Waals surface area contributed by atoms with Crippen molar-refractivity contribution in [1.82, 2.24) is 7.91 Å². The predicted molar refractivity (Wildman–Crippen MR) is 100 cm³/mol. The summed E-state index contributed by atoms with van der Waals surface area (Å²) in [6, 6.07) is 9.55. The lowest BCUT2D eigenvalue weighted by molar-refractivity contribution is 0.475. The van der Waals surface area contributed by atoms with Crippen LogP contribution >= 0.6 is 23.1 Å². The molecule has 0 atom stereocenters. The Kier molecular flexibility index (Phi) is 3.85. The van der Waals surface area contributed by atoms with Crippen LogP contribution in [0.4, 0.5) is 0 Å². The van der Waals surface area contributed by atoms with Crippen LogP contribution in [-0.4, -0.2) is 18.1 Å². The van der Waals surface area contributed by atoms with Crippen molar-refractivity contribution in [1.29, 1.82) is 0 Å². The minimum atomic E-state index is -0.121. The van der Waals surface area contributed by atoms with Gasteiger partial charge in [-0.1, -0.05) is 23.1 Å². The molecule has 0 radical (unpaired) electrons. The maximum atomic E-state index is 12.3. The Labute approximate surface area is 149 Å². The molecule has 2 aromatic carbocycles. The number of phenolic OH excluding ortho intramolecular Hbond substituents is 2. The van der Waals surface area contributed by atoms with Gasteiger partial charge >= 0.3 is 0 Å². The van der Waals surface area contributed by atoms with E-state index in [9.17, 15) is 19.8 Å². The Hall–Kier alpha value is -2.58. The molecule has 6 nitrogen and oxygen atoms in total. The fourth-order valence-electron chi connectivity index (χ4n) is 2.77. The standard InChI is InChI=1S/C17H14N2O4S2/c20-10-2-4-14-12(8-10)16(22)18(24-14)6-1-7-19-17(23)13-9-11(21)3-5-15(13)25-19/h2-5,8-9,20-21H,1,6-7H2. The molecule has 0 aliphatic carbocycles. The van der Waals surface area contributed by atoms with Crippen molar-refractivity contribution in [2.75, 3.05) is 0 Å². The highest BCUT2D eigenvalue weighted by Gasteiger charge is 2.10. The number of aromatic hydroxyl groups is 2. The minimum absolute atomic E-state index is 0.0784. The molecule has 0 saturated carbocycles. The molecule has 0 saturated heterocycles. The van der Waals surface area contributed by atoms with Crippen molar-refractivity contribution in [2.45, 2.75) is 19.5 Å². The normalized spacial score (nSPS) is 11.5. The van der Waals surface area contributed by atoms with E-state index in [2.05, 4.69) is 0 Å². The largest absolute Gasteiger partial charge is 0.508 e. The molecule has 128 valence electrons. The molecule has 0 aliphatic heterocycles. The van der Waals surface area contributed by atoms with E-state index in [-0.39, 0.29) is 22.6 Å². The molecule has 0 unspecified atom stereocenters. The van der Waals surface area contributed by atoms with Crippen molar-refractivity contribution in [3.05, 3.63) is 57.1 Å². The van der Waals surface area contributed by atoms with Gasteiger partial charge in [0, 0.05) is 13.1 Å². The van der Waals surface area contributed by atoms with Crippen LogP contribution in [0.5, 0.6) is 11.5 Å². The summed E-state index contributed by atoms with van der Waals surface area (Å²) in [6.45, 7) is 1.01. The third-order valence-electron chi connectivity index (χ3n) is 3.98. The molecular weight excluding hydrogens is 360 g/mol. The first-order valence-corrected chi connectivity index (χ1v) is 9.23. The molecule has 4 rings (SSSR count). The summed E-state index contributed by atoms with van der Waals surface area (Å²) in [7, 11) is 0. The summed E-state index contributed by atoms with van der Waals surface area (Å²) in [6.07, 6.45) is 0.636. The number of hydrogen-bond acceptors (Lipinski definition) is 6. The molecule has 2 heterocycles. The second kappa shape index (κ2) is 6.05. The molecule has 0 aliphatic rings. The first-order valence-electron chi connectivity index (χ1n) is 7.68. The number of nitrogens with zero attached hydrogens (tertiary/aromatic N) is 2. The third-order valence-corrected chi connectivity index (χ3v) is 6.22. The maximum Gasteiger partial charge on any atom is 0.268 e. The Morgan fingerprint density at radius 3 is 1.64 bits per heavy atom. The minimum Gasteiger partial charge on any atom is -0.508 e. The van der Waals surface area contributed by atoms with Gasteiger partial charge in [-0.05, 0) is 42.8 Å². The summed E-state index contributed by atoms with van der Waals surface area (Å²) in [5.41, 5.74) is -0.242. The van der Waals surface area contributed by atoms with Crippen LogP contribution in [0.2, 0.25) is 0 Å². The highest BCUT2D eigenvalue weighted by Crippen LogP contribution is 2.23. The first kappa shape index (κ1) is 15.9. The van der Waals surface area contributed by atoms with Gasteiger partial charge in [0.05, 0.1) is 20.2 Å². The molecule has 0 bridgehead atoms. The smallest absolute Gasteiger partial charge is 0.268 e. The Balaban J connectivity index is 1.55. The van der Waals surface area contributed by atoms with Crippen LogP contribution < -0.4 is 11.1 Å². The lowest BCUT2D eigenvalue weighted by Gasteiger charge is -2.01. The van der Waals surface area contributed by atoms with Gasteiger partial charge in [0.2, 0.25) is 0 Å². The van der Waals surface area contributed by atoms with E-state index in [1.165, 1.54) is 35.2 Å². The average Bonchev–Trinajstić information content (AvgIpc) is 3.06. The van der Waals surface area contributed by atoms with Crippen molar-refractivity contribution in [2.24, 2.45) is 0 Å². The van der Waals surface area contributed by atoms with Crippen LogP contribution in [0.1, 0.15) is 6.42 Å². The van der Waals surface area contributed by atoms with Crippen molar-refractivity contribution < 1.29 is 10.2 Å². The Morgan fingerprint density at radius 1 is 0.760 bits per heavy atom. The number of benzene rings is 2. The molecule has 4 aromatic rings. The average molecular weight is 374 g/mol. The van der Waals surface area contributed by atoms with Crippen LogP contribution in [-0.2, 0) is 13.1 Å². The maximum absolute atomic E-state index is 12.3. The lowest BCUT2D eigenvalue weighted by Crippen LogP contribution is -2.17. The number of rotatable bonds is 4. The van der Waals surface area contributed by atoms with E-state index >= 15 is 0 Å². The molecule has 0 fully saturated rings. The first-order chi connectivity index (χ1) is 12.0. The topological polar surface area (TPSA) is 84.5 Å². The second-order valence-electron chi connectivity index (χ2n) is 5.71. The van der Waals surface area contributed by atoms with Crippen LogP contribution in [0.15, 0.2) is 46.0 Å². The molecule has 2 N–H and O–H groups in total. The third kappa shape index (κ3) is 2.83. The molecule has 8 heteroatoms. The SMILES string of the molecule is O=c1c2cc(O)ccc2sn1CCCn1sc2ccc(O)cc2c1=O. The number of hydrogen-bond donors (Lipinski definition) is 2. The number of aryl methyl sites for hydroxylation is 2. The summed E-state index contributed by atoms with van der Waals surface area (Å²) in [4.78, 5) is 24.7. The van der Waals surface area contributed by atoms with Crippen molar-refractivity contribution in [3.63, 3.8) is 0 Å². The zero-order valence-corrected chi connectivity index (χ0v) is 14.6. The van der Waals surface area contributed by atoms with Crippen molar-refractivity contribution >= 4 is 43.2 Å². The van der Waals surface area contributed by atoms with E-state index in [0.717, 1.165) is 9.40 Å². The molecule has 2 aromatic heterocycles. The highest BCUT2D eigenvalue weighted by molar-refractivity contribution is 7.14. The highest BCUT2D eigenvalue weighted by atomic mass is 32.1. The van der Waals surface area contributed by atoms with Gasteiger partial charge in [-0.3, -0.25) is 17.5 Å². The van der Waals surface area contributed by atoms with Crippen LogP contribution in [0, 0.1) is 0 Å². The van der Waals surface area contributed by atoms with Crippen LogP contribution in [0.25, 0.3) is 20.2 Å². The number of phenols is 2. The summed E-state index contributed by atoms with van der Waals surface area (Å²) in [5.74, 6) is 0.157. The molecule has 0 amide bonds. The van der Waals surface area contributed by atoms with E-state index in [4.69, 9.17) is 0 Å². The predicted octanol–water partition coefficient (Wildman–Crippen LogP) is 2.94. The summed E-state index contributed by atoms with van der Waals surface area (Å²) in [5, 5.41) is 20.0. The van der Waals surface area contributed by atoms with Gasteiger partial charge in [0.15, 0.2) is 0 Å². The van der Waals surface area contributed by atoms with Crippen molar-refractivity contribution in [3.8, 4) is 11.5 Å². The van der Waals surface area contributed by atoms with Gasteiger partial charge in [0.1, 0.15) is 11.5 Å². The van der Waals surface area contributed by atoms with Gasteiger partial charge in [-0.25, -0.2) is 0 Å². The summed E-state index contributed by atoms with van der Waals surface area (Å²) < 4.78 is 4.96. The lowest BCUT2D eigenvalue weighted by atomic mass is 10.2. The van der Waals surface area contributed by atoms with E-state index in [1.54, 1.807) is 32.2 Å². The number of fused-ring (bicyclic) bond motifs is 2. The van der Waals surface area contributed by atoms with E-state index in [1.807, 2.05) is 0 Å². The Morgan fingerprint density at radius 2 is 1.20 bits per heavy atom. The molecular formula is C17H14N2O4S2. The Bertz CT molecular complexity index is 1110. The summed E-state index contributed by atoms with van der Waals surface area (Å²) >= 11 is 2.71. The zero-order valence-electron chi connectivity index (χ0n) is 13.0. The van der Waals surface area contributed by atoms with Gasteiger partial charge in [0.25, 0.3) is 11.1 Å². The second-order valence-corrected chi connectivity index (χ2v) is 7.84. The van der Waals surface area contributed by atoms with Gasteiger partial charge < -0.3 is 10.2 Å². The quantitative estimate of drug-likeness (QED) is 0.575. The zero-order chi connectivity index (χ0) is 17.6.